The second-order valence-corrected chi connectivity index (χ2v) is 6.38. The SMILES string of the molecule is CCCCCCCCC(=O)OC(=O)CCCCCCCCC(=O)O. The molecule has 0 heterocycles. The summed E-state index contributed by atoms with van der Waals surface area (Å²) in [5, 5.41) is 8.51. The molecule has 0 radical (unpaired) electrons. The summed E-state index contributed by atoms with van der Waals surface area (Å²) in [5.41, 5.74) is 0. The van der Waals surface area contributed by atoms with Crippen LogP contribution in [0.1, 0.15) is 103 Å². The highest BCUT2D eigenvalue weighted by molar-refractivity contribution is 5.85. The second-order valence-electron chi connectivity index (χ2n) is 6.38. The van der Waals surface area contributed by atoms with Crippen LogP contribution in [-0.2, 0) is 19.1 Å². The van der Waals surface area contributed by atoms with Crippen LogP contribution in [0.5, 0.6) is 0 Å². The smallest absolute Gasteiger partial charge is 0.313 e. The molecule has 0 fully saturated rings. The molecular weight excluding hydrogens is 308 g/mol. The molecule has 0 bridgehead atoms. The van der Waals surface area contributed by atoms with E-state index in [2.05, 4.69) is 6.92 Å². The Kier molecular flexibility index (Phi) is 15.5. The Morgan fingerprint density at radius 3 is 1.42 bits per heavy atom. The number of hydrogen-bond acceptors (Lipinski definition) is 4. The predicted octanol–water partition coefficient (Wildman–Crippen LogP) is 5.01. The standard InChI is InChI=1S/C19H34O5/c1-2-3-4-5-9-12-15-18(22)24-19(23)16-13-10-7-6-8-11-14-17(20)21/h2-16H2,1H3,(H,20,21). The first-order valence-electron chi connectivity index (χ1n) is 9.51. The first-order chi connectivity index (χ1) is 11.6. The number of carbonyl (C=O) groups excluding carboxylic acids is 2. The summed E-state index contributed by atoms with van der Waals surface area (Å²) in [5.74, 6) is -1.57. The number of carboxylic acids is 1. The van der Waals surface area contributed by atoms with Crippen molar-refractivity contribution in [3.8, 4) is 0 Å². The minimum absolute atomic E-state index is 0.229. The van der Waals surface area contributed by atoms with Crippen molar-refractivity contribution in [3.63, 3.8) is 0 Å². The number of aliphatic carboxylic acids is 1. The first kappa shape index (κ1) is 22.6. The molecule has 0 saturated heterocycles. The van der Waals surface area contributed by atoms with Gasteiger partial charge in [-0.05, 0) is 19.3 Å². The molecule has 0 unspecified atom stereocenters. The maximum absolute atomic E-state index is 11.5. The van der Waals surface area contributed by atoms with Crippen LogP contribution >= 0.6 is 0 Å². The van der Waals surface area contributed by atoms with Crippen molar-refractivity contribution in [2.75, 3.05) is 0 Å². The van der Waals surface area contributed by atoms with E-state index in [-0.39, 0.29) is 12.8 Å². The molecule has 0 aromatic carbocycles. The fourth-order valence-electron chi connectivity index (χ4n) is 2.53. The topological polar surface area (TPSA) is 80.7 Å². The van der Waals surface area contributed by atoms with Crippen LogP contribution in [-0.4, -0.2) is 23.0 Å². The van der Waals surface area contributed by atoms with Crippen LogP contribution in [0.15, 0.2) is 0 Å². The zero-order valence-electron chi connectivity index (χ0n) is 15.2. The van der Waals surface area contributed by atoms with Gasteiger partial charge in [0.1, 0.15) is 0 Å². The van der Waals surface area contributed by atoms with Crippen molar-refractivity contribution in [1.29, 1.82) is 0 Å². The third-order valence-electron chi connectivity index (χ3n) is 3.98. The third kappa shape index (κ3) is 17.0. The lowest BCUT2D eigenvalue weighted by Crippen LogP contribution is -2.11. The highest BCUT2D eigenvalue weighted by Crippen LogP contribution is 2.10. The van der Waals surface area contributed by atoms with Crippen molar-refractivity contribution in [3.05, 3.63) is 0 Å². The number of esters is 2. The highest BCUT2D eigenvalue weighted by atomic mass is 16.6. The molecule has 5 nitrogen and oxygen atoms in total. The molecule has 0 aromatic heterocycles. The summed E-state index contributed by atoms with van der Waals surface area (Å²) < 4.78 is 4.81. The average molecular weight is 342 g/mol. The molecule has 0 spiro atoms. The van der Waals surface area contributed by atoms with Crippen molar-refractivity contribution < 1.29 is 24.2 Å². The first-order valence-corrected chi connectivity index (χ1v) is 9.51. The van der Waals surface area contributed by atoms with Gasteiger partial charge in [0.2, 0.25) is 0 Å². The summed E-state index contributed by atoms with van der Waals surface area (Å²) in [6.45, 7) is 2.17. The molecule has 0 aromatic rings. The monoisotopic (exact) mass is 342 g/mol. The molecule has 24 heavy (non-hydrogen) atoms. The van der Waals surface area contributed by atoms with Gasteiger partial charge in [-0.25, -0.2) is 0 Å². The Balaban J connectivity index is 3.38. The largest absolute Gasteiger partial charge is 0.481 e. The Morgan fingerprint density at radius 2 is 1.00 bits per heavy atom. The summed E-state index contributed by atoms with van der Waals surface area (Å²) in [7, 11) is 0. The fraction of sp³-hybridized carbons (Fsp3) is 0.842. The van der Waals surface area contributed by atoms with E-state index in [1.54, 1.807) is 0 Å². The van der Waals surface area contributed by atoms with Gasteiger partial charge in [-0.2, -0.15) is 0 Å². The number of ether oxygens (including phenoxy) is 1. The molecule has 1 N–H and O–H groups in total. The van der Waals surface area contributed by atoms with Gasteiger partial charge in [-0.3, -0.25) is 14.4 Å². The summed E-state index contributed by atoms with van der Waals surface area (Å²) >= 11 is 0. The molecule has 0 saturated carbocycles. The summed E-state index contributed by atoms with van der Waals surface area (Å²) in [6, 6.07) is 0. The van der Waals surface area contributed by atoms with Gasteiger partial charge < -0.3 is 9.84 Å². The Morgan fingerprint density at radius 1 is 0.625 bits per heavy atom. The Labute approximate surface area is 146 Å². The number of hydrogen-bond donors (Lipinski definition) is 1. The van der Waals surface area contributed by atoms with Crippen molar-refractivity contribution in [1.82, 2.24) is 0 Å². The lowest BCUT2D eigenvalue weighted by Gasteiger charge is -2.04. The molecule has 5 heteroatoms. The van der Waals surface area contributed by atoms with Crippen LogP contribution in [0.4, 0.5) is 0 Å². The third-order valence-corrected chi connectivity index (χ3v) is 3.98. The van der Waals surface area contributed by atoms with Gasteiger partial charge in [-0.1, -0.05) is 64.7 Å². The minimum Gasteiger partial charge on any atom is -0.481 e. The quantitative estimate of drug-likeness (QED) is 0.242. The zero-order valence-corrected chi connectivity index (χ0v) is 15.2. The lowest BCUT2D eigenvalue weighted by molar-refractivity contribution is -0.159. The molecule has 0 aliphatic rings. The average Bonchev–Trinajstić information content (AvgIpc) is 2.53. The van der Waals surface area contributed by atoms with Crippen LogP contribution < -0.4 is 0 Å². The van der Waals surface area contributed by atoms with E-state index in [9.17, 15) is 14.4 Å². The van der Waals surface area contributed by atoms with Crippen molar-refractivity contribution in [2.24, 2.45) is 0 Å². The molecule has 0 amide bonds. The number of carboxylic acid groups (broad SMARTS) is 1. The highest BCUT2D eigenvalue weighted by Gasteiger charge is 2.09. The molecule has 0 atom stereocenters. The van der Waals surface area contributed by atoms with E-state index in [0.717, 1.165) is 51.4 Å². The Bertz CT molecular complexity index is 352. The van der Waals surface area contributed by atoms with Crippen LogP contribution in [0, 0.1) is 0 Å². The number of carbonyl (C=O) groups is 3. The van der Waals surface area contributed by atoms with Crippen LogP contribution in [0.2, 0.25) is 0 Å². The van der Waals surface area contributed by atoms with Gasteiger partial charge in [0.05, 0.1) is 0 Å². The molecule has 0 aliphatic heterocycles. The van der Waals surface area contributed by atoms with Crippen LogP contribution in [0.3, 0.4) is 0 Å². The molecule has 0 aliphatic carbocycles. The van der Waals surface area contributed by atoms with Gasteiger partial charge in [-0.15, -0.1) is 0 Å². The molecule has 140 valence electrons. The van der Waals surface area contributed by atoms with E-state index in [1.165, 1.54) is 19.3 Å². The zero-order chi connectivity index (χ0) is 18.0. The fourth-order valence-corrected chi connectivity index (χ4v) is 2.53. The summed E-state index contributed by atoms with van der Waals surface area (Å²) in [6.07, 6.45) is 12.7. The maximum atomic E-state index is 11.5. The normalized spacial score (nSPS) is 10.5. The van der Waals surface area contributed by atoms with E-state index in [1.807, 2.05) is 0 Å². The van der Waals surface area contributed by atoms with Crippen LogP contribution in [0.25, 0.3) is 0 Å². The lowest BCUT2D eigenvalue weighted by atomic mass is 10.1. The number of unbranched alkanes of at least 4 members (excludes halogenated alkanes) is 10. The summed E-state index contributed by atoms with van der Waals surface area (Å²) in [4.78, 5) is 33.4. The van der Waals surface area contributed by atoms with E-state index in [4.69, 9.17) is 9.84 Å². The van der Waals surface area contributed by atoms with Gasteiger partial charge >= 0.3 is 17.9 Å². The van der Waals surface area contributed by atoms with E-state index >= 15 is 0 Å². The second kappa shape index (κ2) is 16.5. The number of rotatable bonds is 16. The van der Waals surface area contributed by atoms with Gasteiger partial charge in [0, 0.05) is 19.3 Å². The van der Waals surface area contributed by atoms with E-state index in [0.29, 0.717) is 12.8 Å². The minimum atomic E-state index is -0.747. The predicted molar refractivity (Wildman–Crippen MR) is 93.7 cm³/mol. The molecule has 0 rings (SSSR count). The Hall–Kier alpha value is -1.39. The maximum Gasteiger partial charge on any atom is 0.313 e. The van der Waals surface area contributed by atoms with Crippen molar-refractivity contribution in [2.45, 2.75) is 103 Å². The van der Waals surface area contributed by atoms with Gasteiger partial charge in [0.25, 0.3) is 0 Å². The molecular formula is C19H34O5. The van der Waals surface area contributed by atoms with E-state index < -0.39 is 17.9 Å². The van der Waals surface area contributed by atoms with Crippen molar-refractivity contribution >= 4 is 17.9 Å². The van der Waals surface area contributed by atoms with Gasteiger partial charge in [0.15, 0.2) is 0 Å².